The lowest BCUT2D eigenvalue weighted by Gasteiger charge is -2.45. The third kappa shape index (κ3) is 5.28. The first-order valence-corrected chi connectivity index (χ1v) is 16.7. The van der Waals surface area contributed by atoms with E-state index in [1.54, 1.807) is 6.26 Å². The molecule has 0 bridgehead atoms. The van der Waals surface area contributed by atoms with Gasteiger partial charge in [0.25, 0.3) is 0 Å². The van der Waals surface area contributed by atoms with Crippen molar-refractivity contribution in [2.24, 2.45) is 17.8 Å². The number of nitrogens with zero attached hydrogens (tertiary/aromatic N) is 1. The van der Waals surface area contributed by atoms with E-state index in [2.05, 4.69) is 86.3 Å². The van der Waals surface area contributed by atoms with Gasteiger partial charge in [-0.3, -0.25) is 9.69 Å². The van der Waals surface area contributed by atoms with Crippen LogP contribution in [0.15, 0.2) is 83.5 Å². The van der Waals surface area contributed by atoms with E-state index in [9.17, 15) is 4.79 Å². The summed E-state index contributed by atoms with van der Waals surface area (Å²) < 4.78 is 12.4. The van der Waals surface area contributed by atoms with Gasteiger partial charge in [0.1, 0.15) is 22.0 Å². The number of carbonyl (C=O) groups excluding carboxylic acids is 1. The van der Waals surface area contributed by atoms with Gasteiger partial charge < -0.3 is 9.15 Å². The summed E-state index contributed by atoms with van der Waals surface area (Å²) in [6.07, 6.45) is 4.81. The van der Waals surface area contributed by atoms with Gasteiger partial charge >= 0.3 is 5.97 Å². The minimum atomic E-state index is -0.352. The number of thioether (sulfide) groups is 2. The van der Waals surface area contributed by atoms with Crippen molar-refractivity contribution >= 4 is 29.5 Å². The summed E-state index contributed by atoms with van der Waals surface area (Å²) in [5, 5.41) is 0. The monoisotopic (exact) mass is 575 g/mol. The van der Waals surface area contributed by atoms with E-state index in [0.29, 0.717) is 5.92 Å². The summed E-state index contributed by atoms with van der Waals surface area (Å²) in [5.41, 5.74) is 2.50. The Labute approximate surface area is 247 Å². The molecule has 2 aromatic carbocycles. The lowest BCUT2D eigenvalue weighted by atomic mass is 9.64. The first-order valence-electron chi connectivity index (χ1n) is 14.7. The number of carbonyl (C=O) groups is 1. The Bertz CT molecular complexity index is 1260. The van der Waals surface area contributed by atoms with Gasteiger partial charge in [-0.1, -0.05) is 87.9 Å². The van der Waals surface area contributed by atoms with Crippen LogP contribution in [0.2, 0.25) is 0 Å². The predicted molar refractivity (Wildman–Crippen MR) is 165 cm³/mol. The Hall–Kier alpha value is -2.15. The van der Waals surface area contributed by atoms with Crippen molar-refractivity contribution < 1.29 is 13.9 Å². The summed E-state index contributed by atoms with van der Waals surface area (Å²) in [6, 6.07) is 25.4. The largest absolute Gasteiger partial charge is 0.469 e. The van der Waals surface area contributed by atoms with Crippen LogP contribution in [0, 0.1) is 17.8 Å². The molecule has 3 aromatic rings. The van der Waals surface area contributed by atoms with Gasteiger partial charge in [0.2, 0.25) is 0 Å². The molecule has 2 aliphatic heterocycles. The molecule has 0 radical (unpaired) electrons. The highest BCUT2D eigenvalue weighted by molar-refractivity contribution is 8.21. The molecule has 6 rings (SSSR count). The van der Waals surface area contributed by atoms with Gasteiger partial charge in [-0.05, 0) is 47.4 Å². The number of hydrogen-bond acceptors (Lipinski definition) is 6. The maximum atomic E-state index is 14.6. The molecule has 1 aromatic heterocycles. The zero-order valence-electron chi connectivity index (χ0n) is 23.8. The van der Waals surface area contributed by atoms with Crippen LogP contribution in [-0.4, -0.2) is 39.2 Å². The summed E-state index contributed by atoms with van der Waals surface area (Å²) in [7, 11) is 0. The summed E-state index contributed by atoms with van der Waals surface area (Å²) >= 11 is 3.86. The molecule has 212 valence electrons. The zero-order chi connectivity index (χ0) is 27.7. The normalized spacial score (nSPS) is 28.6. The van der Waals surface area contributed by atoms with Crippen molar-refractivity contribution in [2.75, 3.05) is 18.1 Å². The number of rotatable bonds is 7. The fourth-order valence-corrected chi connectivity index (χ4v) is 10.9. The van der Waals surface area contributed by atoms with Gasteiger partial charge in [-0.2, -0.15) is 0 Å². The Morgan fingerprint density at radius 2 is 1.70 bits per heavy atom. The van der Waals surface area contributed by atoms with Crippen molar-refractivity contribution in [3.63, 3.8) is 0 Å². The molecule has 6 heteroatoms. The maximum absolute atomic E-state index is 14.6. The molecule has 2 saturated heterocycles. The molecule has 0 N–H and O–H groups in total. The summed E-state index contributed by atoms with van der Waals surface area (Å²) in [6.45, 7) is 8.56. The maximum Gasteiger partial charge on any atom is 0.313 e. The molecule has 3 heterocycles. The van der Waals surface area contributed by atoms with E-state index in [4.69, 9.17) is 9.15 Å². The van der Waals surface area contributed by atoms with Crippen LogP contribution >= 0.6 is 23.5 Å². The van der Waals surface area contributed by atoms with Crippen LogP contribution in [0.4, 0.5) is 0 Å². The molecular formula is C34H41NO3S2. The Balaban J connectivity index is 1.32. The second-order valence-electron chi connectivity index (χ2n) is 12.4. The van der Waals surface area contributed by atoms with E-state index >= 15 is 0 Å². The van der Waals surface area contributed by atoms with E-state index in [1.807, 2.05) is 35.7 Å². The van der Waals surface area contributed by atoms with Gasteiger partial charge in [0.05, 0.1) is 6.26 Å². The lowest BCUT2D eigenvalue weighted by molar-refractivity contribution is -0.162. The molecule has 0 amide bonds. The van der Waals surface area contributed by atoms with Crippen molar-refractivity contribution in [1.29, 1.82) is 0 Å². The summed E-state index contributed by atoms with van der Waals surface area (Å²) in [4.78, 5) is 17.1. The van der Waals surface area contributed by atoms with E-state index in [0.717, 1.165) is 43.2 Å². The SMILES string of the molecule is C[C@@H]1CC[C@@H](C(C)(C)c2ccccc2)[C@H](OC(=O)[C@H]2[C@H](c3ccco3)CN(Cc3ccccc3)C23SCCS3)C1. The first kappa shape index (κ1) is 28.0. The fraction of sp³-hybridized carbons (Fsp3) is 0.500. The molecule has 3 fully saturated rings. The minimum Gasteiger partial charge on any atom is -0.469 e. The second-order valence-corrected chi connectivity index (χ2v) is 15.3. The number of benzene rings is 2. The van der Waals surface area contributed by atoms with Gasteiger partial charge in [0.15, 0.2) is 0 Å². The Kier molecular flexibility index (Phi) is 8.13. The number of esters is 1. The highest BCUT2D eigenvalue weighted by Gasteiger charge is 2.61. The molecule has 5 atom stereocenters. The van der Waals surface area contributed by atoms with Crippen LogP contribution in [0.3, 0.4) is 0 Å². The zero-order valence-corrected chi connectivity index (χ0v) is 25.5. The molecule has 4 nitrogen and oxygen atoms in total. The third-order valence-corrected chi connectivity index (χ3v) is 13.1. The summed E-state index contributed by atoms with van der Waals surface area (Å²) in [5.74, 6) is 3.41. The van der Waals surface area contributed by atoms with Crippen molar-refractivity contribution in [3.05, 3.63) is 95.9 Å². The topological polar surface area (TPSA) is 42.7 Å². The first-order chi connectivity index (χ1) is 19.4. The van der Waals surface area contributed by atoms with Gasteiger partial charge in [-0.25, -0.2) is 0 Å². The smallest absolute Gasteiger partial charge is 0.313 e. The Morgan fingerprint density at radius 3 is 2.38 bits per heavy atom. The average molecular weight is 576 g/mol. The lowest BCUT2D eigenvalue weighted by Crippen LogP contribution is -2.47. The van der Waals surface area contributed by atoms with E-state index in [-0.39, 0.29) is 39.4 Å². The van der Waals surface area contributed by atoms with Crippen LogP contribution in [0.25, 0.3) is 0 Å². The quantitative estimate of drug-likeness (QED) is 0.266. The molecular weight excluding hydrogens is 535 g/mol. The van der Waals surface area contributed by atoms with Crippen LogP contribution in [0.5, 0.6) is 0 Å². The fourth-order valence-electron chi connectivity index (χ4n) is 7.34. The molecule has 0 unspecified atom stereocenters. The number of hydrogen-bond donors (Lipinski definition) is 0. The number of likely N-dealkylation sites (tertiary alicyclic amines) is 1. The molecule has 3 aliphatic rings. The second kappa shape index (κ2) is 11.6. The average Bonchev–Trinajstić information content (AvgIpc) is 3.72. The van der Waals surface area contributed by atoms with Gasteiger partial charge in [0, 0.05) is 36.4 Å². The number of ether oxygens (including phenoxy) is 1. The van der Waals surface area contributed by atoms with E-state index < -0.39 is 0 Å². The predicted octanol–water partition coefficient (Wildman–Crippen LogP) is 7.95. The van der Waals surface area contributed by atoms with Crippen LogP contribution in [0.1, 0.15) is 62.8 Å². The van der Waals surface area contributed by atoms with E-state index in [1.165, 1.54) is 17.5 Å². The highest BCUT2D eigenvalue weighted by atomic mass is 32.2. The van der Waals surface area contributed by atoms with Crippen molar-refractivity contribution in [1.82, 2.24) is 4.90 Å². The van der Waals surface area contributed by atoms with Gasteiger partial charge in [-0.15, -0.1) is 23.5 Å². The molecule has 40 heavy (non-hydrogen) atoms. The van der Waals surface area contributed by atoms with Crippen molar-refractivity contribution in [3.8, 4) is 0 Å². The minimum absolute atomic E-state index is 0.0362. The highest BCUT2D eigenvalue weighted by Crippen LogP contribution is 2.61. The van der Waals surface area contributed by atoms with Crippen LogP contribution < -0.4 is 0 Å². The molecule has 1 saturated carbocycles. The molecule has 1 spiro atoms. The van der Waals surface area contributed by atoms with Crippen LogP contribution in [-0.2, 0) is 21.5 Å². The third-order valence-electron chi connectivity index (χ3n) is 9.50. The standard InChI is InChI=1S/C34H41NO3S2/c1-24-16-17-28(33(2,3)26-13-8-5-9-14-26)30(21-24)38-32(36)31-27(29-15-10-18-37-29)23-35(34(31)39-19-20-40-34)22-25-11-6-4-7-12-25/h4-15,18,24,27-28,30-31H,16-17,19-23H2,1-3H3/t24-,27+,28-,30-,31-/m1/s1. The number of furan rings is 1. The molecule has 1 aliphatic carbocycles. The Morgan fingerprint density at radius 1 is 1.00 bits per heavy atom. The van der Waals surface area contributed by atoms with Crippen molar-refractivity contribution in [2.45, 2.75) is 68.2 Å².